The topological polar surface area (TPSA) is 89.5 Å². The van der Waals surface area contributed by atoms with Gasteiger partial charge in [0.15, 0.2) is 11.5 Å². The lowest BCUT2D eigenvalue weighted by molar-refractivity contribution is -0.134. The van der Waals surface area contributed by atoms with Gasteiger partial charge in [-0.1, -0.05) is 25.1 Å². The average molecular weight is 525 g/mol. The first-order valence-electron chi connectivity index (χ1n) is 12.2. The van der Waals surface area contributed by atoms with Gasteiger partial charge >= 0.3 is 11.9 Å². The molecule has 204 valence electrons. The lowest BCUT2D eigenvalue weighted by atomic mass is 9.88. The van der Waals surface area contributed by atoms with Crippen molar-refractivity contribution in [1.82, 2.24) is 0 Å². The zero-order valence-electron chi connectivity index (χ0n) is 22.3. The van der Waals surface area contributed by atoms with E-state index < -0.39 is 11.9 Å². The number of methoxy groups -OCH3 is 2. The molecule has 0 aliphatic rings. The number of carbonyl (C=O) groups is 2. The quantitative estimate of drug-likeness (QED) is 0.0908. The van der Waals surface area contributed by atoms with E-state index in [-0.39, 0.29) is 11.2 Å². The molecule has 2 aromatic carbocycles. The Labute approximate surface area is 224 Å². The summed E-state index contributed by atoms with van der Waals surface area (Å²) >= 11 is 0. The van der Waals surface area contributed by atoms with Crippen molar-refractivity contribution in [2.75, 3.05) is 47.3 Å². The molecule has 0 amide bonds. The summed E-state index contributed by atoms with van der Waals surface area (Å²) in [5.41, 5.74) is 0.680. The normalized spacial score (nSPS) is 11.1. The molecule has 0 saturated heterocycles. The number of benzene rings is 2. The molecule has 0 N–H and O–H groups in total. The molecule has 0 aliphatic carbocycles. The van der Waals surface area contributed by atoms with Crippen LogP contribution in [0.3, 0.4) is 0 Å². The van der Waals surface area contributed by atoms with E-state index in [2.05, 4.69) is 24.8 Å². The van der Waals surface area contributed by atoms with Crippen molar-refractivity contribution >= 4 is 18.0 Å². The molecule has 0 bridgehead atoms. The van der Waals surface area contributed by atoms with Crippen molar-refractivity contribution in [1.29, 1.82) is 0 Å². The molecule has 0 aromatic heterocycles. The molecular formula is C30H36O8. The minimum atomic E-state index is -0.550. The van der Waals surface area contributed by atoms with E-state index in [4.69, 9.17) is 23.7 Å². The highest BCUT2D eigenvalue weighted by atomic mass is 16.6. The van der Waals surface area contributed by atoms with Crippen LogP contribution in [0.4, 0.5) is 0 Å². The van der Waals surface area contributed by atoms with E-state index >= 15 is 0 Å². The van der Waals surface area contributed by atoms with Crippen LogP contribution in [-0.2, 0) is 19.0 Å². The van der Waals surface area contributed by atoms with Crippen molar-refractivity contribution in [3.63, 3.8) is 0 Å². The van der Waals surface area contributed by atoms with Crippen molar-refractivity contribution in [2.45, 2.75) is 13.3 Å². The van der Waals surface area contributed by atoms with Crippen LogP contribution >= 0.6 is 0 Å². The lowest BCUT2D eigenvalue weighted by Crippen LogP contribution is -2.38. The summed E-state index contributed by atoms with van der Waals surface area (Å²) in [6, 6.07) is 11.6. The Balaban J connectivity index is 2.05. The monoisotopic (exact) mass is 524 g/mol. The molecule has 0 fully saturated rings. The largest absolute Gasteiger partial charge is 0.493 e. The van der Waals surface area contributed by atoms with Gasteiger partial charge in [-0.15, -0.1) is 13.2 Å². The fourth-order valence-corrected chi connectivity index (χ4v) is 3.34. The first-order chi connectivity index (χ1) is 18.4. The molecule has 38 heavy (non-hydrogen) atoms. The van der Waals surface area contributed by atoms with E-state index in [0.29, 0.717) is 55.7 Å². The molecular weight excluding hydrogens is 488 g/mol. The Kier molecular flexibility index (Phi) is 12.8. The Morgan fingerprint density at radius 1 is 0.895 bits per heavy atom. The molecule has 0 saturated carbocycles. The molecule has 0 unspecified atom stereocenters. The Hall–Kier alpha value is -3.88. The van der Waals surface area contributed by atoms with Crippen LogP contribution < -0.4 is 14.2 Å². The third-order valence-electron chi connectivity index (χ3n) is 5.68. The summed E-state index contributed by atoms with van der Waals surface area (Å²) in [7, 11) is 2.77. The van der Waals surface area contributed by atoms with Crippen LogP contribution in [0.25, 0.3) is 6.08 Å². The smallest absolute Gasteiger partial charge is 0.343 e. The highest BCUT2D eigenvalue weighted by molar-refractivity contribution is 5.91. The second-order valence-electron chi connectivity index (χ2n) is 8.43. The predicted molar refractivity (Wildman–Crippen MR) is 146 cm³/mol. The molecule has 0 spiro atoms. The molecule has 0 atom stereocenters. The second kappa shape index (κ2) is 16.1. The zero-order valence-corrected chi connectivity index (χ0v) is 22.3. The van der Waals surface area contributed by atoms with E-state index in [1.807, 2.05) is 0 Å². The van der Waals surface area contributed by atoms with Crippen LogP contribution in [-0.4, -0.2) is 59.2 Å². The predicted octanol–water partition coefficient (Wildman–Crippen LogP) is 5.28. The van der Waals surface area contributed by atoms with Gasteiger partial charge in [-0.25, -0.2) is 9.59 Å². The van der Waals surface area contributed by atoms with Crippen LogP contribution in [0, 0.1) is 5.41 Å². The number of esters is 2. The van der Waals surface area contributed by atoms with Crippen LogP contribution in [0.15, 0.2) is 73.9 Å². The molecule has 0 heterocycles. The second-order valence-corrected chi connectivity index (χ2v) is 8.43. The van der Waals surface area contributed by atoms with Crippen LogP contribution in [0.5, 0.6) is 17.2 Å². The minimum Gasteiger partial charge on any atom is -0.493 e. The Morgan fingerprint density at radius 2 is 1.55 bits per heavy atom. The van der Waals surface area contributed by atoms with E-state index in [0.717, 1.165) is 6.42 Å². The van der Waals surface area contributed by atoms with Crippen molar-refractivity contribution in [3.05, 3.63) is 85.0 Å². The van der Waals surface area contributed by atoms with Crippen LogP contribution in [0.1, 0.15) is 29.3 Å². The SMILES string of the molecule is C=CCOCC(CC)(COCC=C)COc1ccc(C(=O)Oc2ccc(C=CC(=O)OC)cc2OC)cc1. The Morgan fingerprint density at radius 3 is 2.11 bits per heavy atom. The van der Waals surface area contributed by atoms with E-state index in [1.165, 1.54) is 20.3 Å². The average Bonchev–Trinajstić information content (AvgIpc) is 2.95. The maximum atomic E-state index is 12.7. The van der Waals surface area contributed by atoms with Gasteiger partial charge in [0.25, 0.3) is 0 Å². The fraction of sp³-hybridized carbons (Fsp3) is 0.333. The number of hydrogen-bond donors (Lipinski definition) is 0. The summed E-state index contributed by atoms with van der Waals surface area (Å²) in [6.45, 7) is 11.6. The van der Waals surface area contributed by atoms with Gasteiger partial charge in [-0.3, -0.25) is 0 Å². The number of ether oxygens (including phenoxy) is 6. The fourth-order valence-electron chi connectivity index (χ4n) is 3.34. The summed E-state index contributed by atoms with van der Waals surface area (Å²) in [5.74, 6) is 0.171. The van der Waals surface area contributed by atoms with Gasteiger partial charge in [-0.05, 0) is 54.5 Å². The molecule has 0 aliphatic heterocycles. The Bertz CT molecular complexity index is 1070. The molecule has 8 nitrogen and oxygen atoms in total. The lowest BCUT2D eigenvalue weighted by Gasteiger charge is -2.32. The number of hydrogen-bond acceptors (Lipinski definition) is 8. The summed E-state index contributed by atoms with van der Waals surface area (Å²) in [6.07, 6.45) is 7.05. The first kappa shape index (κ1) is 30.3. The van der Waals surface area contributed by atoms with Crippen LogP contribution in [0.2, 0.25) is 0 Å². The molecule has 2 aromatic rings. The highest BCUT2D eigenvalue weighted by Crippen LogP contribution is 2.30. The van der Waals surface area contributed by atoms with Gasteiger partial charge in [0.05, 0.1) is 58.2 Å². The first-order valence-corrected chi connectivity index (χ1v) is 12.2. The molecule has 2 rings (SSSR count). The van der Waals surface area contributed by atoms with Crippen molar-refractivity contribution < 1.29 is 38.0 Å². The molecule has 0 radical (unpaired) electrons. The van der Waals surface area contributed by atoms with Gasteiger partial charge < -0.3 is 28.4 Å². The standard InChI is InChI=1S/C30H36O8/c1-6-17-35-20-30(8-3,21-36-18-7-2)22-37-25-13-11-24(12-14-25)29(32)38-26-15-9-23(19-27(26)33-4)10-16-28(31)34-5/h6-7,9-16,19H,1-2,8,17-18,20-22H2,3-5H3. The minimum absolute atomic E-state index is 0.250. The van der Waals surface area contributed by atoms with E-state index in [1.54, 1.807) is 60.7 Å². The maximum absolute atomic E-state index is 12.7. The van der Waals surface area contributed by atoms with Crippen molar-refractivity contribution in [2.24, 2.45) is 5.41 Å². The number of rotatable bonds is 17. The third kappa shape index (κ3) is 9.53. The highest BCUT2D eigenvalue weighted by Gasteiger charge is 2.30. The molecule has 8 heteroatoms. The van der Waals surface area contributed by atoms with E-state index in [9.17, 15) is 9.59 Å². The van der Waals surface area contributed by atoms with Gasteiger partial charge in [0.2, 0.25) is 0 Å². The zero-order chi connectivity index (χ0) is 27.8. The van der Waals surface area contributed by atoms with Crippen molar-refractivity contribution in [3.8, 4) is 17.2 Å². The summed E-state index contributed by atoms with van der Waals surface area (Å²) < 4.78 is 33.0. The van der Waals surface area contributed by atoms with Gasteiger partial charge in [0.1, 0.15) is 5.75 Å². The summed E-state index contributed by atoms with van der Waals surface area (Å²) in [5, 5.41) is 0. The third-order valence-corrected chi connectivity index (χ3v) is 5.68. The van der Waals surface area contributed by atoms with Gasteiger partial charge in [-0.2, -0.15) is 0 Å². The maximum Gasteiger partial charge on any atom is 0.343 e. The number of carbonyl (C=O) groups excluding carboxylic acids is 2. The van der Waals surface area contributed by atoms with Gasteiger partial charge in [0, 0.05) is 6.08 Å². The summed E-state index contributed by atoms with van der Waals surface area (Å²) in [4.78, 5) is 24.1.